The topological polar surface area (TPSA) is 43.1 Å². The number of allylic oxidation sites excluding steroid dienone is 1. The van der Waals surface area contributed by atoms with Crippen LogP contribution in [0.2, 0.25) is 0 Å². The van der Waals surface area contributed by atoms with Crippen molar-refractivity contribution in [1.29, 1.82) is 0 Å². The molecule has 0 radical (unpaired) electrons. The van der Waals surface area contributed by atoms with Crippen LogP contribution >= 0.6 is 0 Å². The van der Waals surface area contributed by atoms with Gasteiger partial charge in [0.05, 0.1) is 0 Å². The fourth-order valence-electron chi connectivity index (χ4n) is 0.234. The number of amides is 1. The Kier molecular flexibility index (Phi) is 12.6. The molecule has 0 saturated carbocycles. The van der Waals surface area contributed by atoms with Gasteiger partial charge >= 0.3 is 0 Å². The Bertz CT molecular complexity index is 86.9. The first-order valence-electron chi connectivity index (χ1n) is 3.17. The highest BCUT2D eigenvalue weighted by molar-refractivity contribution is 5.75. The second kappa shape index (κ2) is 10.2. The van der Waals surface area contributed by atoms with E-state index in [0.717, 1.165) is 0 Å². The molecule has 2 nitrogen and oxygen atoms in total. The summed E-state index contributed by atoms with van der Waals surface area (Å²) in [7, 11) is 0. The molecular formula is C7H15NO. The van der Waals surface area contributed by atoms with Crippen molar-refractivity contribution in [2.75, 3.05) is 0 Å². The molecule has 0 fully saturated rings. The maximum absolute atomic E-state index is 9.93. The lowest BCUT2D eigenvalue weighted by Crippen LogP contribution is -2.07. The van der Waals surface area contributed by atoms with Gasteiger partial charge in [0.2, 0.25) is 5.91 Å². The third-order valence-corrected chi connectivity index (χ3v) is 0.555. The van der Waals surface area contributed by atoms with Gasteiger partial charge in [0.15, 0.2) is 0 Å². The van der Waals surface area contributed by atoms with E-state index in [0.29, 0.717) is 6.42 Å². The van der Waals surface area contributed by atoms with E-state index < -0.39 is 0 Å². The van der Waals surface area contributed by atoms with Crippen LogP contribution in [0, 0.1) is 0 Å². The number of carbonyl (C=O) groups is 1. The Labute approximate surface area is 56.7 Å². The summed E-state index contributed by atoms with van der Waals surface area (Å²) in [6.07, 6.45) is 3.88. The van der Waals surface area contributed by atoms with Crippen molar-refractivity contribution in [3.8, 4) is 0 Å². The smallest absolute Gasteiger partial charge is 0.221 e. The molecule has 0 saturated heterocycles. The Balaban J connectivity index is 0. The van der Waals surface area contributed by atoms with Crippen LogP contribution in [-0.2, 0) is 4.79 Å². The third-order valence-electron chi connectivity index (χ3n) is 0.555. The van der Waals surface area contributed by atoms with Crippen molar-refractivity contribution in [1.82, 2.24) is 0 Å². The van der Waals surface area contributed by atoms with E-state index in [2.05, 4.69) is 0 Å². The van der Waals surface area contributed by atoms with Gasteiger partial charge in [-0.2, -0.15) is 0 Å². The monoisotopic (exact) mass is 129 g/mol. The molecule has 0 aromatic rings. The minimum Gasteiger partial charge on any atom is -0.369 e. The molecule has 54 valence electrons. The predicted octanol–water partition coefficient (Wildman–Crippen LogP) is 1.46. The van der Waals surface area contributed by atoms with E-state index in [4.69, 9.17) is 5.73 Å². The first kappa shape index (κ1) is 11.1. The molecule has 0 unspecified atom stereocenters. The van der Waals surface area contributed by atoms with Gasteiger partial charge in [-0.1, -0.05) is 26.0 Å². The maximum atomic E-state index is 9.93. The molecular weight excluding hydrogens is 114 g/mol. The third kappa shape index (κ3) is 19.0. The minimum absolute atomic E-state index is 0.280. The lowest BCUT2D eigenvalue weighted by atomic mass is 10.4. The molecule has 9 heavy (non-hydrogen) atoms. The van der Waals surface area contributed by atoms with Crippen molar-refractivity contribution >= 4 is 5.91 Å². The van der Waals surface area contributed by atoms with Crippen molar-refractivity contribution in [3.63, 3.8) is 0 Å². The molecule has 0 aromatic heterocycles. The number of nitrogens with two attached hydrogens (primary N) is 1. The highest BCUT2D eigenvalue weighted by atomic mass is 16.1. The van der Waals surface area contributed by atoms with Gasteiger partial charge in [-0.15, -0.1) is 0 Å². The van der Waals surface area contributed by atoms with E-state index in [1.165, 1.54) is 0 Å². The summed E-state index contributed by atoms with van der Waals surface area (Å²) in [5.74, 6) is -0.280. The summed E-state index contributed by atoms with van der Waals surface area (Å²) in [5.41, 5.74) is 4.79. The zero-order valence-corrected chi connectivity index (χ0v) is 6.35. The molecule has 1 amide bonds. The van der Waals surface area contributed by atoms with Crippen LogP contribution in [0.4, 0.5) is 0 Å². The molecule has 0 spiro atoms. The first-order chi connectivity index (χ1) is 4.27. The fraction of sp³-hybridized carbons (Fsp3) is 0.571. The summed E-state index contributed by atoms with van der Waals surface area (Å²) < 4.78 is 0. The van der Waals surface area contributed by atoms with Gasteiger partial charge in [0, 0.05) is 6.42 Å². The van der Waals surface area contributed by atoms with Gasteiger partial charge in [-0.3, -0.25) is 4.79 Å². The average molecular weight is 129 g/mol. The van der Waals surface area contributed by atoms with Crippen molar-refractivity contribution in [3.05, 3.63) is 12.2 Å². The van der Waals surface area contributed by atoms with E-state index in [1.54, 1.807) is 12.2 Å². The molecule has 0 aliphatic rings. The molecule has 2 heteroatoms. The summed E-state index contributed by atoms with van der Waals surface area (Å²) in [4.78, 5) is 9.93. The Morgan fingerprint density at radius 3 is 2.11 bits per heavy atom. The number of primary amides is 1. The van der Waals surface area contributed by atoms with Gasteiger partial charge in [0.1, 0.15) is 0 Å². The predicted molar refractivity (Wildman–Crippen MR) is 40.0 cm³/mol. The Morgan fingerprint density at radius 2 is 2.00 bits per heavy atom. The SMILES string of the molecule is C/C=C/CC(N)=O.CC. The molecule has 0 aliphatic carbocycles. The van der Waals surface area contributed by atoms with E-state index in [9.17, 15) is 4.79 Å². The summed E-state index contributed by atoms with van der Waals surface area (Å²) in [6.45, 7) is 5.85. The zero-order chi connectivity index (χ0) is 7.70. The second-order valence-corrected chi connectivity index (χ2v) is 1.24. The van der Waals surface area contributed by atoms with Crippen LogP contribution < -0.4 is 5.73 Å². The summed E-state index contributed by atoms with van der Waals surface area (Å²) in [6, 6.07) is 0. The number of rotatable bonds is 2. The lowest BCUT2D eigenvalue weighted by molar-refractivity contribution is -0.117. The lowest BCUT2D eigenvalue weighted by Gasteiger charge is -1.78. The molecule has 0 aromatic carbocycles. The Morgan fingerprint density at radius 1 is 1.56 bits per heavy atom. The standard InChI is InChI=1S/C5H9NO.C2H6/c1-2-3-4-5(6)7;1-2/h2-3H,4H2,1H3,(H2,6,7);1-2H3/b3-2+;. The van der Waals surface area contributed by atoms with Crippen molar-refractivity contribution in [2.24, 2.45) is 5.73 Å². The Hall–Kier alpha value is -0.790. The van der Waals surface area contributed by atoms with Crippen LogP contribution in [0.5, 0.6) is 0 Å². The van der Waals surface area contributed by atoms with E-state index in [1.807, 2.05) is 20.8 Å². The largest absolute Gasteiger partial charge is 0.369 e. The highest BCUT2D eigenvalue weighted by Gasteiger charge is 1.82. The normalized spacial score (nSPS) is 8.33. The molecule has 0 heterocycles. The van der Waals surface area contributed by atoms with Gasteiger partial charge < -0.3 is 5.73 Å². The fourth-order valence-corrected chi connectivity index (χ4v) is 0.234. The first-order valence-corrected chi connectivity index (χ1v) is 3.17. The summed E-state index contributed by atoms with van der Waals surface area (Å²) in [5, 5.41) is 0. The van der Waals surface area contributed by atoms with Gasteiger partial charge in [-0.25, -0.2) is 0 Å². The van der Waals surface area contributed by atoms with Crippen LogP contribution in [0.15, 0.2) is 12.2 Å². The summed E-state index contributed by atoms with van der Waals surface area (Å²) >= 11 is 0. The van der Waals surface area contributed by atoms with Crippen molar-refractivity contribution in [2.45, 2.75) is 27.2 Å². The second-order valence-electron chi connectivity index (χ2n) is 1.24. The quantitative estimate of drug-likeness (QED) is 0.563. The number of carbonyl (C=O) groups excluding carboxylic acids is 1. The zero-order valence-electron chi connectivity index (χ0n) is 6.35. The number of hydrogen-bond donors (Lipinski definition) is 1. The molecule has 0 aliphatic heterocycles. The number of hydrogen-bond acceptors (Lipinski definition) is 1. The van der Waals surface area contributed by atoms with Gasteiger partial charge in [-0.05, 0) is 6.92 Å². The van der Waals surface area contributed by atoms with Crippen LogP contribution in [0.1, 0.15) is 27.2 Å². The van der Waals surface area contributed by atoms with E-state index in [-0.39, 0.29) is 5.91 Å². The van der Waals surface area contributed by atoms with E-state index >= 15 is 0 Å². The molecule has 0 bridgehead atoms. The molecule has 0 atom stereocenters. The van der Waals surface area contributed by atoms with Crippen LogP contribution in [0.3, 0.4) is 0 Å². The van der Waals surface area contributed by atoms with Crippen LogP contribution in [-0.4, -0.2) is 5.91 Å². The maximum Gasteiger partial charge on any atom is 0.221 e. The minimum atomic E-state index is -0.280. The molecule has 2 N–H and O–H groups in total. The van der Waals surface area contributed by atoms with Crippen molar-refractivity contribution < 1.29 is 4.79 Å². The van der Waals surface area contributed by atoms with Gasteiger partial charge in [0.25, 0.3) is 0 Å². The molecule has 0 rings (SSSR count). The average Bonchev–Trinajstić information content (AvgIpc) is 1.88. The highest BCUT2D eigenvalue weighted by Crippen LogP contribution is 1.76. The van der Waals surface area contributed by atoms with Crippen LogP contribution in [0.25, 0.3) is 0 Å².